The molecular weight excluding hydrogens is 316 g/mol. The average Bonchev–Trinajstić information content (AvgIpc) is 3.42. The zero-order chi connectivity index (χ0) is 18.9. The molecule has 5 heteroatoms. The summed E-state index contributed by atoms with van der Waals surface area (Å²) in [5, 5.41) is 12.0. The maximum Gasteiger partial charge on any atom is 0.339 e. The Morgan fingerprint density at radius 2 is 1.56 bits per heavy atom. The van der Waals surface area contributed by atoms with Gasteiger partial charge in [-0.2, -0.15) is 5.26 Å². The number of esters is 1. The van der Waals surface area contributed by atoms with Crippen LogP contribution in [0.4, 0.5) is 0 Å². The Bertz CT molecular complexity index is 743. The van der Waals surface area contributed by atoms with Crippen molar-refractivity contribution in [2.45, 2.75) is 59.9 Å². The number of nitriles is 1. The number of carbonyl (C=O) groups is 2. The lowest BCUT2D eigenvalue weighted by atomic mass is 9.90. The molecule has 1 aromatic rings. The van der Waals surface area contributed by atoms with Crippen LogP contribution in [-0.2, 0) is 9.53 Å². The van der Waals surface area contributed by atoms with E-state index in [0.717, 1.165) is 35.1 Å². The Morgan fingerprint density at radius 1 is 1.08 bits per heavy atom. The van der Waals surface area contributed by atoms with Crippen LogP contribution < -0.4 is 5.32 Å². The number of carbonyl (C=O) groups excluding carboxylic acids is 2. The van der Waals surface area contributed by atoms with Crippen LogP contribution in [0.2, 0.25) is 0 Å². The molecule has 1 aliphatic carbocycles. The normalized spacial score (nSPS) is 15.9. The first-order valence-electron chi connectivity index (χ1n) is 8.58. The third-order valence-electron chi connectivity index (χ3n) is 5.56. The number of hydrogen-bond acceptors (Lipinski definition) is 4. The fraction of sp³-hybridized carbons (Fsp3) is 0.550. The summed E-state index contributed by atoms with van der Waals surface area (Å²) in [5.41, 5.74) is 4.69. The molecule has 0 heterocycles. The summed E-state index contributed by atoms with van der Waals surface area (Å²) in [6.45, 7) is 11.1. The Labute approximate surface area is 149 Å². The quantitative estimate of drug-likeness (QED) is 0.834. The third kappa shape index (κ3) is 3.68. The highest BCUT2D eigenvalue weighted by molar-refractivity contribution is 5.95. The lowest BCUT2D eigenvalue weighted by Crippen LogP contribution is -2.48. The minimum absolute atomic E-state index is 0.184. The van der Waals surface area contributed by atoms with Crippen LogP contribution in [0.25, 0.3) is 0 Å². The molecule has 0 radical (unpaired) electrons. The van der Waals surface area contributed by atoms with Gasteiger partial charge in [0.15, 0.2) is 6.61 Å². The number of amides is 1. The average molecular weight is 342 g/mol. The smallest absolute Gasteiger partial charge is 0.339 e. The van der Waals surface area contributed by atoms with Crippen molar-refractivity contribution < 1.29 is 14.3 Å². The van der Waals surface area contributed by atoms with E-state index in [1.54, 1.807) is 6.92 Å². The van der Waals surface area contributed by atoms with Gasteiger partial charge in [0.2, 0.25) is 0 Å². The molecule has 1 atom stereocenters. The van der Waals surface area contributed by atoms with Gasteiger partial charge in [0.05, 0.1) is 11.6 Å². The predicted molar refractivity (Wildman–Crippen MR) is 95.3 cm³/mol. The molecule has 0 unspecified atom stereocenters. The van der Waals surface area contributed by atoms with E-state index in [-0.39, 0.29) is 12.5 Å². The zero-order valence-corrected chi connectivity index (χ0v) is 15.9. The summed E-state index contributed by atoms with van der Waals surface area (Å²) in [6, 6.07) is 2.16. The monoisotopic (exact) mass is 342 g/mol. The molecule has 5 nitrogen and oxygen atoms in total. The van der Waals surface area contributed by atoms with E-state index in [9.17, 15) is 14.9 Å². The zero-order valence-electron chi connectivity index (χ0n) is 15.9. The molecule has 1 fully saturated rings. The van der Waals surface area contributed by atoms with Crippen molar-refractivity contribution in [3.63, 3.8) is 0 Å². The van der Waals surface area contributed by atoms with Crippen LogP contribution >= 0.6 is 0 Å². The van der Waals surface area contributed by atoms with Gasteiger partial charge >= 0.3 is 5.97 Å². The van der Waals surface area contributed by atoms with E-state index in [0.29, 0.717) is 5.56 Å². The highest BCUT2D eigenvalue weighted by Gasteiger charge is 2.43. The molecule has 0 aromatic heterocycles. The molecule has 0 bridgehead atoms. The minimum atomic E-state index is -0.883. The van der Waals surface area contributed by atoms with Gasteiger partial charge in [-0.15, -0.1) is 0 Å². The summed E-state index contributed by atoms with van der Waals surface area (Å²) in [4.78, 5) is 24.6. The lowest BCUT2D eigenvalue weighted by molar-refractivity contribution is -0.125. The highest BCUT2D eigenvalue weighted by Crippen LogP contribution is 2.39. The number of nitrogens with one attached hydrogen (secondary N) is 1. The standard InChI is InChI=1S/C20H26N2O3/c1-11-12(2)14(4)18(15(5)13(11)3)19(24)25-9-17(23)22-20(6,10-21)16-7-8-16/h16H,7-9H2,1-6H3,(H,22,23)/t20-/m1/s1. The Morgan fingerprint density at radius 3 is 2.00 bits per heavy atom. The maximum absolute atomic E-state index is 12.5. The van der Waals surface area contributed by atoms with Crippen LogP contribution in [0, 0.1) is 51.9 Å². The van der Waals surface area contributed by atoms with Crippen molar-refractivity contribution >= 4 is 11.9 Å². The molecular formula is C20H26N2O3. The molecule has 2 rings (SSSR count). The van der Waals surface area contributed by atoms with Gasteiger partial charge in [-0.3, -0.25) is 4.79 Å². The maximum atomic E-state index is 12.5. The van der Waals surface area contributed by atoms with Crippen LogP contribution in [0.1, 0.15) is 57.9 Å². The third-order valence-corrected chi connectivity index (χ3v) is 5.56. The molecule has 134 valence electrons. The molecule has 1 amide bonds. The molecule has 25 heavy (non-hydrogen) atoms. The number of ether oxygens (including phenoxy) is 1. The van der Waals surface area contributed by atoms with Crippen molar-refractivity contribution in [3.05, 3.63) is 33.4 Å². The van der Waals surface area contributed by atoms with Crippen molar-refractivity contribution in [1.82, 2.24) is 5.32 Å². The Kier molecular flexibility index (Phi) is 5.22. The van der Waals surface area contributed by atoms with Crippen molar-refractivity contribution in [3.8, 4) is 6.07 Å². The predicted octanol–water partition coefficient (Wildman–Crippen LogP) is 3.19. The highest BCUT2D eigenvalue weighted by atomic mass is 16.5. The lowest BCUT2D eigenvalue weighted by Gasteiger charge is -2.23. The van der Waals surface area contributed by atoms with E-state index < -0.39 is 17.4 Å². The van der Waals surface area contributed by atoms with E-state index in [1.165, 1.54) is 5.56 Å². The van der Waals surface area contributed by atoms with Crippen LogP contribution in [0.3, 0.4) is 0 Å². The summed E-state index contributed by atoms with van der Waals surface area (Å²) >= 11 is 0. The van der Waals surface area contributed by atoms with Gasteiger partial charge in [-0.1, -0.05) is 0 Å². The van der Waals surface area contributed by atoms with Crippen LogP contribution in [0.15, 0.2) is 0 Å². The SMILES string of the molecule is Cc1c(C)c(C)c(C(=O)OCC(=O)N[C@](C)(C#N)C2CC2)c(C)c1C. The number of nitrogens with zero attached hydrogens (tertiary/aromatic N) is 1. The second kappa shape index (κ2) is 6.87. The van der Waals surface area contributed by atoms with Gasteiger partial charge in [0, 0.05) is 0 Å². The van der Waals surface area contributed by atoms with Gasteiger partial charge in [0.25, 0.3) is 5.91 Å². The summed E-state index contributed by atoms with van der Waals surface area (Å²) in [6.07, 6.45) is 1.87. The van der Waals surface area contributed by atoms with Crippen LogP contribution in [-0.4, -0.2) is 24.0 Å². The Balaban J connectivity index is 2.09. The number of rotatable bonds is 5. The van der Waals surface area contributed by atoms with Crippen molar-refractivity contribution in [2.75, 3.05) is 6.61 Å². The molecule has 1 aromatic carbocycles. The molecule has 1 aliphatic rings. The first-order valence-corrected chi connectivity index (χ1v) is 8.58. The number of benzene rings is 1. The molecule has 1 saturated carbocycles. The van der Waals surface area contributed by atoms with E-state index in [2.05, 4.69) is 11.4 Å². The summed E-state index contributed by atoms with van der Waals surface area (Å²) in [5.74, 6) is -0.759. The summed E-state index contributed by atoms with van der Waals surface area (Å²) < 4.78 is 5.23. The second-order valence-corrected chi connectivity index (χ2v) is 7.21. The topological polar surface area (TPSA) is 79.2 Å². The van der Waals surface area contributed by atoms with E-state index in [1.807, 2.05) is 34.6 Å². The van der Waals surface area contributed by atoms with Crippen molar-refractivity contribution in [1.29, 1.82) is 5.26 Å². The molecule has 1 N–H and O–H groups in total. The first kappa shape index (κ1) is 19.0. The molecule has 0 aliphatic heterocycles. The largest absolute Gasteiger partial charge is 0.452 e. The van der Waals surface area contributed by atoms with E-state index in [4.69, 9.17) is 4.74 Å². The molecule has 0 saturated heterocycles. The van der Waals surface area contributed by atoms with Gasteiger partial charge in [0.1, 0.15) is 5.54 Å². The molecule has 0 spiro atoms. The van der Waals surface area contributed by atoms with Gasteiger partial charge in [-0.05, 0) is 88.1 Å². The van der Waals surface area contributed by atoms with Crippen molar-refractivity contribution in [2.24, 2.45) is 5.92 Å². The van der Waals surface area contributed by atoms with Gasteiger partial charge in [-0.25, -0.2) is 4.79 Å². The second-order valence-electron chi connectivity index (χ2n) is 7.21. The first-order chi connectivity index (χ1) is 11.6. The fourth-order valence-electron chi connectivity index (χ4n) is 3.22. The minimum Gasteiger partial charge on any atom is -0.452 e. The number of hydrogen-bond donors (Lipinski definition) is 1. The Hall–Kier alpha value is -2.35. The van der Waals surface area contributed by atoms with E-state index >= 15 is 0 Å². The van der Waals surface area contributed by atoms with Crippen LogP contribution in [0.5, 0.6) is 0 Å². The summed E-state index contributed by atoms with van der Waals surface area (Å²) in [7, 11) is 0. The fourth-order valence-corrected chi connectivity index (χ4v) is 3.22. The van der Waals surface area contributed by atoms with Gasteiger partial charge < -0.3 is 10.1 Å².